The monoisotopic (exact) mass is 226 g/mol. The first-order chi connectivity index (χ1) is 8.19. The fourth-order valence-electron chi connectivity index (χ4n) is 1.57. The van der Waals surface area contributed by atoms with Crippen LogP contribution in [0.2, 0.25) is 0 Å². The van der Waals surface area contributed by atoms with Gasteiger partial charge in [-0.1, -0.05) is 6.07 Å². The summed E-state index contributed by atoms with van der Waals surface area (Å²) in [6, 6.07) is 11.7. The molecule has 0 aliphatic carbocycles. The first-order valence-electron chi connectivity index (χ1n) is 5.49. The quantitative estimate of drug-likeness (QED) is 0.872. The first kappa shape index (κ1) is 11.3. The van der Waals surface area contributed by atoms with E-state index in [9.17, 15) is 0 Å². The van der Waals surface area contributed by atoms with Crippen LogP contribution in [0.25, 0.3) is 0 Å². The van der Waals surface area contributed by atoms with E-state index in [1.54, 1.807) is 6.07 Å². The summed E-state index contributed by atoms with van der Waals surface area (Å²) in [6.07, 6.45) is 0. The van der Waals surface area contributed by atoms with Crippen LogP contribution in [-0.4, -0.2) is 0 Å². The van der Waals surface area contributed by atoms with E-state index in [2.05, 4.69) is 31.3 Å². The Balaban J connectivity index is 2.02. The van der Waals surface area contributed by atoms with E-state index in [1.807, 2.05) is 18.2 Å². The number of benzene rings is 1. The summed E-state index contributed by atoms with van der Waals surface area (Å²) in [5.74, 6) is 1.11. The maximum Gasteiger partial charge on any atom is 0.203 e. The lowest BCUT2D eigenvalue weighted by atomic mass is 10.1. The van der Waals surface area contributed by atoms with Gasteiger partial charge in [-0.3, -0.25) is 0 Å². The highest BCUT2D eigenvalue weighted by atomic mass is 16.3. The highest BCUT2D eigenvalue weighted by molar-refractivity contribution is 5.48. The molecular weight excluding hydrogens is 212 g/mol. The van der Waals surface area contributed by atoms with Gasteiger partial charge >= 0.3 is 0 Å². The molecule has 0 saturated carbocycles. The van der Waals surface area contributed by atoms with Crippen LogP contribution in [0.4, 0.5) is 5.69 Å². The van der Waals surface area contributed by atoms with Crippen LogP contribution < -0.4 is 5.32 Å². The minimum absolute atomic E-state index is 0.349. The molecule has 3 nitrogen and oxygen atoms in total. The highest BCUT2D eigenvalue weighted by Crippen LogP contribution is 2.15. The molecule has 0 saturated heterocycles. The lowest BCUT2D eigenvalue weighted by Crippen LogP contribution is -1.98. The van der Waals surface area contributed by atoms with Crippen LogP contribution in [0.15, 0.2) is 34.7 Å². The number of hydrogen-bond acceptors (Lipinski definition) is 3. The molecule has 0 aliphatic heterocycles. The lowest BCUT2D eigenvalue weighted by molar-refractivity contribution is 0.506. The molecule has 1 aromatic carbocycles. The Morgan fingerprint density at radius 2 is 2.00 bits per heavy atom. The van der Waals surface area contributed by atoms with E-state index >= 15 is 0 Å². The molecule has 86 valence electrons. The number of aryl methyl sites for hydroxylation is 2. The molecule has 0 amide bonds. The summed E-state index contributed by atoms with van der Waals surface area (Å²) in [5.41, 5.74) is 3.59. The molecule has 2 rings (SSSR count). The van der Waals surface area contributed by atoms with E-state index in [0.717, 1.165) is 11.4 Å². The van der Waals surface area contributed by atoms with Gasteiger partial charge in [0.25, 0.3) is 0 Å². The van der Waals surface area contributed by atoms with Gasteiger partial charge in [-0.2, -0.15) is 5.26 Å². The fraction of sp³-hybridized carbons (Fsp3) is 0.214. The molecule has 0 radical (unpaired) electrons. The van der Waals surface area contributed by atoms with Crippen molar-refractivity contribution in [2.75, 3.05) is 5.32 Å². The molecule has 0 atom stereocenters. The number of anilines is 1. The van der Waals surface area contributed by atoms with Gasteiger partial charge in [-0.05, 0) is 49.2 Å². The molecule has 0 spiro atoms. The zero-order valence-electron chi connectivity index (χ0n) is 9.95. The highest BCUT2D eigenvalue weighted by Gasteiger charge is 2.01. The second kappa shape index (κ2) is 4.75. The Kier molecular flexibility index (Phi) is 3.15. The third kappa shape index (κ3) is 2.67. The lowest BCUT2D eigenvalue weighted by Gasteiger charge is -2.07. The molecular formula is C14H14N2O. The van der Waals surface area contributed by atoms with E-state index in [-0.39, 0.29) is 0 Å². The Morgan fingerprint density at radius 3 is 2.65 bits per heavy atom. The minimum atomic E-state index is 0.349. The van der Waals surface area contributed by atoms with Crippen molar-refractivity contribution in [2.45, 2.75) is 20.4 Å². The number of nitrogens with zero attached hydrogens (tertiary/aromatic N) is 1. The maximum atomic E-state index is 8.64. The molecule has 1 aromatic heterocycles. The van der Waals surface area contributed by atoms with Crippen LogP contribution in [0.1, 0.15) is 22.6 Å². The van der Waals surface area contributed by atoms with Crippen LogP contribution >= 0.6 is 0 Å². The largest absolute Gasteiger partial charge is 0.449 e. The van der Waals surface area contributed by atoms with Gasteiger partial charge in [-0.25, -0.2) is 0 Å². The summed E-state index contributed by atoms with van der Waals surface area (Å²) in [5, 5.41) is 11.9. The number of rotatable bonds is 3. The number of hydrogen-bond donors (Lipinski definition) is 1. The zero-order valence-corrected chi connectivity index (χ0v) is 9.95. The Bertz CT molecular complexity index is 564. The summed E-state index contributed by atoms with van der Waals surface area (Å²) in [6.45, 7) is 4.76. The van der Waals surface area contributed by atoms with Gasteiger partial charge in [0.2, 0.25) is 5.76 Å². The van der Waals surface area contributed by atoms with Gasteiger partial charge in [-0.15, -0.1) is 0 Å². The molecule has 0 bridgehead atoms. The van der Waals surface area contributed by atoms with Gasteiger partial charge in [0, 0.05) is 5.69 Å². The predicted octanol–water partition coefficient (Wildman–Crippen LogP) is 3.38. The molecule has 0 unspecified atom stereocenters. The third-order valence-corrected chi connectivity index (χ3v) is 2.75. The van der Waals surface area contributed by atoms with Crippen molar-refractivity contribution in [1.82, 2.24) is 0 Å². The van der Waals surface area contributed by atoms with Gasteiger partial charge in [0.05, 0.1) is 6.54 Å². The van der Waals surface area contributed by atoms with E-state index < -0.39 is 0 Å². The summed E-state index contributed by atoms with van der Waals surface area (Å²) >= 11 is 0. The SMILES string of the molecule is Cc1ccc(NCc2ccc(C#N)o2)cc1C. The number of nitriles is 1. The normalized spacial score (nSPS) is 9.94. The van der Waals surface area contributed by atoms with Crippen molar-refractivity contribution in [3.63, 3.8) is 0 Å². The molecule has 0 aliphatic rings. The number of furan rings is 1. The van der Waals surface area contributed by atoms with Crippen LogP contribution in [0.5, 0.6) is 0 Å². The van der Waals surface area contributed by atoms with E-state index in [4.69, 9.17) is 9.68 Å². The van der Waals surface area contributed by atoms with Crippen LogP contribution in [0, 0.1) is 25.2 Å². The molecule has 17 heavy (non-hydrogen) atoms. The molecule has 2 aromatic rings. The zero-order chi connectivity index (χ0) is 12.3. The Morgan fingerprint density at radius 1 is 1.18 bits per heavy atom. The smallest absolute Gasteiger partial charge is 0.203 e. The topological polar surface area (TPSA) is 49.0 Å². The van der Waals surface area contributed by atoms with Gasteiger partial charge in [0.1, 0.15) is 11.8 Å². The second-order valence-corrected chi connectivity index (χ2v) is 4.03. The molecule has 3 heteroatoms. The van der Waals surface area contributed by atoms with Crippen LogP contribution in [-0.2, 0) is 6.54 Å². The van der Waals surface area contributed by atoms with Crippen molar-refractivity contribution in [1.29, 1.82) is 5.26 Å². The molecule has 1 heterocycles. The summed E-state index contributed by atoms with van der Waals surface area (Å²) < 4.78 is 5.28. The standard InChI is InChI=1S/C14H14N2O/c1-10-3-4-12(7-11(10)2)16-9-14-6-5-13(8-15)17-14/h3-7,16H,9H2,1-2H3. The molecule has 0 fully saturated rings. The second-order valence-electron chi connectivity index (χ2n) is 4.03. The first-order valence-corrected chi connectivity index (χ1v) is 5.49. The summed E-state index contributed by atoms with van der Waals surface area (Å²) in [4.78, 5) is 0. The van der Waals surface area contributed by atoms with Gasteiger partial charge in [0.15, 0.2) is 0 Å². The van der Waals surface area contributed by atoms with E-state index in [0.29, 0.717) is 12.3 Å². The van der Waals surface area contributed by atoms with Crippen molar-refractivity contribution < 1.29 is 4.42 Å². The van der Waals surface area contributed by atoms with Gasteiger partial charge < -0.3 is 9.73 Å². The predicted molar refractivity (Wildman–Crippen MR) is 66.7 cm³/mol. The number of nitrogens with one attached hydrogen (secondary N) is 1. The maximum absolute atomic E-state index is 8.64. The average Bonchev–Trinajstić information content (AvgIpc) is 2.79. The van der Waals surface area contributed by atoms with Crippen molar-refractivity contribution in [3.8, 4) is 6.07 Å². The summed E-state index contributed by atoms with van der Waals surface area (Å²) in [7, 11) is 0. The van der Waals surface area contributed by atoms with Crippen LogP contribution in [0.3, 0.4) is 0 Å². The minimum Gasteiger partial charge on any atom is -0.449 e. The molecule has 1 N–H and O–H groups in total. The third-order valence-electron chi connectivity index (χ3n) is 2.75. The van der Waals surface area contributed by atoms with Crippen molar-refractivity contribution >= 4 is 5.69 Å². The fourth-order valence-corrected chi connectivity index (χ4v) is 1.57. The van der Waals surface area contributed by atoms with Crippen molar-refractivity contribution in [3.05, 3.63) is 53.0 Å². The Labute approximate surface area is 101 Å². The van der Waals surface area contributed by atoms with Crippen molar-refractivity contribution in [2.24, 2.45) is 0 Å². The van der Waals surface area contributed by atoms with E-state index in [1.165, 1.54) is 11.1 Å². The Hall–Kier alpha value is -2.21. The average molecular weight is 226 g/mol.